The van der Waals surface area contributed by atoms with E-state index in [4.69, 9.17) is 9.47 Å². The van der Waals surface area contributed by atoms with Gasteiger partial charge in [-0.05, 0) is 43.4 Å². The van der Waals surface area contributed by atoms with Crippen molar-refractivity contribution >= 4 is 11.9 Å². The van der Waals surface area contributed by atoms with Crippen LogP contribution in [0.5, 0.6) is 5.75 Å². The predicted octanol–water partition coefficient (Wildman–Crippen LogP) is 2.32. The molecule has 1 aliphatic heterocycles. The summed E-state index contributed by atoms with van der Waals surface area (Å²) in [6.07, 6.45) is 1.91. The summed E-state index contributed by atoms with van der Waals surface area (Å²) in [6.45, 7) is 3.19. The third kappa shape index (κ3) is 4.96. The van der Waals surface area contributed by atoms with Crippen molar-refractivity contribution in [2.24, 2.45) is 5.92 Å². The summed E-state index contributed by atoms with van der Waals surface area (Å²) in [5.74, 6) is -0.0713. The number of carboxylic acids is 1. The van der Waals surface area contributed by atoms with E-state index in [0.717, 1.165) is 19.4 Å². The van der Waals surface area contributed by atoms with Crippen molar-refractivity contribution in [2.75, 3.05) is 20.3 Å². The van der Waals surface area contributed by atoms with Gasteiger partial charge in [-0.3, -0.25) is 9.59 Å². The molecule has 1 aliphatic rings. The van der Waals surface area contributed by atoms with E-state index in [2.05, 4.69) is 5.32 Å². The highest BCUT2D eigenvalue weighted by atomic mass is 16.5. The summed E-state index contributed by atoms with van der Waals surface area (Å²) in [6, 6.07) is 7.13. The molecule has 6 heteroatoms. The van der Waals surface area contributed by atoms with Crippen LogP contribution in [0.15, 0.2) is 24.3 Å². The van der Waals surface area contributed by atoms with Crippen LogP contribution in [0.1, 0.15) is 38.2 Å². The van der Waals surface area contributed by atoms with Gasteiger partial charge >= 0.3 is 5.97 Å². The average Bonchev–Trinajstić information content (AvgIpc) is 3.05. The Bertz CT molecular complexity index is 583. The zero-order chi connectivity index (χ0) is 17.6. The quantitative estimate of drug-likeness (QED) is 0.761. The number of methoxy groups -OCH3 is 1. The molecule has 1 fully saturated rings. The normalized spacial score (nSPS) is 19.5. The lowest BCUT2D eigenvalue weighted by Crippen LogP contribution is -2.45. The first kappa shape index (κ1) is 18.3. The molecule has 0 aromatic heterocycles. The fourth-order valence-electron chi connectivity index (χ4n) is 3.00. The molecule has 1 amide bonds. The minimum Gasteiger partial charge on any atom is -0.497 e. The number of carbonyl (C=O) groups is 2. The Hall–Kier alpha value is -2.08. The van der Waals surface area contributed by atoms with Crippen molar-refractivity contribution in [3.8, 4) is 5.75 Å². The summed E-state index contributed by atoms with van der Waals surface area (Å²) in [5, 5.41) is 12.2. The highest BCUT2D eigenvalue weighted by Crippen LogP contribution is 2.28. The van der Waals surface area contributed by atoms with Gasteiger partial charge in [0.15, 0.2) is 0 Å². The standard InChI is InChI=1S/C18H25NO5/c1-18(11-17(21)22,14-4-3-5-15(10-14)23-2)19-16(20)7-6-13-8-9-24-12-13/h3-5,10,13H,6-9,11-12H2,1-2H3,(H,19,20)(H,21,22). The SMILES string of the molecule is COc1cccc(C(C)(CC(=O)O)NC(=O)CCC2CCOC2)c1. The second kappa shape index (κ2) is 8.15. The van der Waals surface area contributed by atoms with Gasteiger partial charge in [-0.25, -0.2) is 0 Å². The molecule has 2 atom stereocenters. The molecule has 1 aromatic carbocycles. The van der Waals surface area contributed by atoms with Gasteiger partial charge in [-0.2, -0.15) is 0 Å². The van der Waals surface area contributed by atoms with Crippen molar-refractivity contribution in [1.82, 2.24) is 5.32 Å². The summed E-state index contributed by atoms with van der Waals surface area (Å²) in [7, 11) is 1.55. The fraction of sp³-hybridized carbons (Fsp3) is 0.556. The second-order valence-corrected chi connectivity index (χ2v) is 6.45. The van der Waals surface area contributed by atoms with Gasteiger partial charge in [-0.1, -0.05) is 12.1 Å². The molecule has 0 aliphatic carbocycles. The van der Waals surface area contributed by atoms with E-state index in [-0.39, 0.29) is 12.3 Å². The van der Waals surface area contributed by atoms with Crippen molar-refractivity contribution in [1.29, 1.82) is 0 Å². The number of ether oxygens (including phenoxy) is 2. The zero-order valence-corrected chi connectivity index (χ0v) is 14.2. The molecule has 0 bridgehead atoms. The minimum atomic E-state index is -0.983. The van der Waals surface area contributed by atoms with E-state index in [9.17, 15) is 14.7 Å². The molecule has 2 rings (SSSR count). The molecule has 0 radical (unpaired) electrons. The largest absolute Gasteiger partial charge is 0.497 e. The van der Waals surface area contributed by atoms with Gasteiger partial charge in [0, 0.05) is 19.6 Å². The van der Waals surface area contributed by atoms with E-state index in [1.54, 1.807) is 38.3 Å². The van der Waals surface area contributed by atoms with Crippen LogP contribution in [0.25, 0.3) is 0 Å². The Kier molecular flexibility index (Phi) is 6.20. The first-order chi connectivity index (χ1) is 11.4. The number of carboxylic acid groups (broad SMARTS) is 1. The molecule has 2 unspecified atom stereocenters. The monoisotopic (exact) mass is 335 g/mol. The molecule has 24 heavy (non-hydrogen) atoms. The van der Waals surface area contributed by atoms with Crippen LogP contribution in [0.4, 0.5) is 0 Å². The van der Waals surface area contributed by atoms with Crippen molar-refractivity contribution in [2.45, 2.75) is 38.1 Å². The Labute approximate surface area is 142 Å². The van der Waals surface area contributed by atoms with Gasteiger partial charge < -0.3 is 19.9 Å². The lowest BCUT2D eigenvalue weighted by atomic mass is 9.88. The van der Waals surface area contributed by atoms with Crippen molar-refractivity contribution in [3.63, 3.8) is 0 Å². The average molecular weight is 335 g/mol. The maximum Gasteiger partial charge on any atom is 0.306 e. The van der Waals surface area contributed by atoms with Gasteiger partial charge in [0.05, 0.1) is 19.1 Å². The number of hydrogen-bond donors (Lipinski definition) is 2. The van der Waals surface area contributed by atoms with E-state index in [1.807, 2.05) is 0 Å². The van der Waals surface area contributed by atoms with E-state index in [1.165, 1.54) is 0 Å². The van der Waals surface area contributed by atoms with Gasteiger partial charge in [0.2, 0.25) is 5.91 Å². The van der Waals surface area contributed by atoms with Gasteiger partial charge in [-0.15, -0.1) is 0 Å². The van der Waals surface area contributed by atoms with Crippen LogP contribution in [0, 0.1) is 5.92 Å². The number of rotatable bonds is 8. The first-order valence-electron chi connectivity index (χ1n) is 8.18. The number of hydrogen-bond acceptors (Lipinski definition) is 4. The molecule has 0 spiro atoms. The van der Waals surface area contributed by atoms with E-state index in [0.29, 0.717) is 30.3 Å². The number of nitrogens with one attached hydrogen (secondary N) is 1. The summed E-state index contributed by atoms with van der Waals surface area (Å²) in [5.41, 5.74) is -0.273. The molecule has 0 saturated carbocycles. The van der Waals surface area contributed by atoms with Gasteiger partial charge in [0.25, 0.3) is 0 Å². The Morgan fingerprint density at radius 3 is 2.88 bits per heavy atom. The molecule has 2 N–H and O–H groups in total. The lowest BCUT2D eigenvalue weighted by Gasteiger charge is -2.30. The third-order valence-corrected chi connectivity index (χ3v) is 4.43. The Morgan fingerprint density at radius 2 is 2.25 bits per heavy atom. The first-order valence-corrected chi connectivity index (χ1v) is 8.18. The van der Waals surface area contributed by atoms with Gasteiger partial charge in [0.1, 0.15) is 5.75 Å². The highest BCUT2D eigenvalue weighted by molar-refractivity contribution is 5.78. The van der Waals surface area contributed by atoms with Crippen molar-refractivity contribution in [3.05, 3.63) is 29.8 Å². The maximum absolute atomic E-state index is 12.3. The highest BCUT2D eigenvalue weighted by Gasteiger charge is 2.32. The lowest BCUT2D eigenvalue weighted by molar-refractivity contribution is -0.139. The van der Waals surface area contributed by atoms with Crippen LogP contribution < -0.4 is 10.1 Å². The molecule has 1 heterocycles. The molecular weight excluding hydrogens is 310 g/mol. The molecule has 1 saturated heterocycles. The third-order valence-electron chi connectivity index (χ3n) is 4.43. The van der Waals surface area contributed by atoms with Crippen LogP contribution in [-0.2, 0) is 19.9 Å². The second-order valence-electron chi connectivity index (χ2n) is 6.45. The molecule has 1 aromatic rings. The van der Waals surface area contributed by atoms with Crippen LogP contribution in [-0.4, -0.2) is 37.3 Å². The number of benzene rings is 1. The molecule has 132 valence electrons. The minimum absolute atomic E-state index is 0.145. The molecule has 6 nitrogen and oxygen atoms in total. The summed E-state index contributed by atoms with van der Waals surface area (Å²) >= 11 is 0. The summed E-state index contributed by atoms with van der Waals surface area (Å²) in [4.78, 5) is 23.6. The van der Waals surface area contributed by atoms with Crippen LogP contribution in [0.3, 0.4) is 0 Å². The van der Waals surface area contributed by atoms with E-state index >= 15 is 0 Å². The number of aliphatic carboxylic acids is 1. The van der Waals surface area contributed by atoms with Crippen LogP contribution in [0.2, 0.25) is 0 Å². The topological polar surface area (TPSA) is 84.9 Å². The Balaban J connectivity index is 2.07. The van der Waals surface area contributed by atoms with Crippen LogP contribution >= 0.6 is 0 Å². The van der Waals surface area contributed by atoms with E-state index < -0.39 is 11.5 Å². The molecular formula is C18H25NO5. The zero-order valence-electron chi connectivity index (χ0n) is 14.2. The Morgan fingerprint density at radius 1 is 1.46 bits per heavy atom. The smallest absolute Gasteiger partial charge is 0.306 e. The maximum atomic E-state index is 12.3. The number of amides is 1. The fourth-order valence-corrected chi connectivity index (χ4v) is 3.00. The predicted molar refractivity (Wildman–Crippen MR) is 88.9 cm³/mol. The summed E-state index contributed by atoms with van der Waals surface area (Å²) < 4.78 is 10.5. The van der Waals surface area contributed by atoms with Crippen molar-refractivity contribution < 1.29 is 24.2 Å². The number of carbonyl (C=O) groups excluding carboxylic acids is 1.